The van der Waals surface area contributed by atoms with Crippen molar-refractivity contribution >= 4 is 12.0 Å². The Morgan fingerprint density at radius 1 is 1.12 bits per heavy atom. The van der Waals surface area contributed by atoms with Gasteiger partial charge in [-0.25, -0.2) is 4.79 Å². The van der Waals surface area contributed by atoms with Gasteiger partial charge in [-0.2, -0.15) is 0 Å². The summed E-state index contributed by atoms with van der Waals surface area (Å²) in [7, 11) is 0. The lowest BCUT2D eigenvalue weighted by atomic mass is 10.0. The van der Waals surface area contributed by atoms with E-state index >= 15 is 0 Å². The average Bonchev–Trinajstić information content (AvgIpc) is 2.50. The van der Waals surface area contributed by atoms with E-state index in [9.17, 15) is 9.59 Å². The number of aliphatic carboxylic acids is 1. The van der Waals surface area contributed by atoms with Crippen LogP contribution in [0.4, 0.5) is 4.79 Å². The maximum atomic E-state index is 12.6. The molecule has 134 valence electrons. The minimum absolute atomic E-state index is 0.0453. The number of carbonyl (C=O) groups excluding carboxylic acids is 1. The Kier molecular flexibility index (Phi) is 8.30. The van der Waals surface area contributed by atoms with Gasteiger partial charge in [0.2, 0.25) is 0 Å². The second-order valence-electron chi connectivity index (χ2n) is 6.91. The molecular weight excluding hydrogens is 304 g/mol. The molecule has 0 aliphatic heterocycles. The predicted octanol–water partition coefficient (Wildman–Crippen LogP) is 3.54. The topological polar surface area (TPSA) is 69.6 Å². The minimum Gasteiger partial charge on any atom is -0.481 e. The molecule has 1 aromatic rings. The van der Waals surface area contributed by atoms with Crippen LogP contribution in [-0.2, 0) is 11.2 Å². The molecule has 0 radical (unpaired) electrons. The maximum absolute atomic E-state index is 12.6. The molecule has 0 aliphatic rings. The molecule has 0 saturated carbocycles. The van der Waals surface area contributed by atoms with Gasteiger partial charge in [0.25, 0.3) is 0 Å². The number of hydrogen-bond acceptors (Lipinski definition) is 2. The van der Waals surface area contributed by atoms with Crippen molar-refractivity contribution in [3.8, 4) is 0 Å². The van der Waals surface area contributed by atoms with Crippen molar-refractivity contribution in [1.29, 1.82) is 0 Å². The van der Waals surface area contributed by atoms with Crippen LogP contribution in [0.5, 0.6) is 0 Å². The van der Waals surface area contributed by atoms with Gasteiger partial charge in [-0.15, -0.1) is 0 Å². The van der Waals surface area contributed by atoms with E-state index in [1.807, 2.05) is 49.1 Å². The molecule has 24 heavy (non-hydrogen) atoms. The van der Waals surface area contributed by atoms with Crippen molar-refractivity contribution in [2.45, 2.75) is 59.0 Å². The van der Waals surface area contributed by atoms with Gasteiger partial charge < -0.3 is 15.3 Å². The van der Waals surface area contributed by atoms with Crippen LogP contribution in [0.3, 0.4) is 0 Å². The molecule has 5 heteroatoms. The molecule has 1 rings (SSSR count). The Morgan fingerprint density at radius 2 is 1.75 bits per heavy atom. The first-order valence-electron chi connectivity index (χ1n) is 8.62. The highest BCUT2D eigenvalue weighted by Crippen LogP contribution is 2.10. The van der Waals surface area contributed by atoms with Crippen LogP contribution in [0, 0.1) is 5.92 Å². The summed E-state index contributed by atoms with van der Waals surface area (Å²) in [5, 5.41) is 12.0. The number of hydrogen-bond donors (Lipinski definition) is 2. The second kappa shape index (κ2) is 9.96. The molecule has 5 nitrogen and oxygen atoms in total. The zero-order valence-corrected chi connectivity index (χ0v) is 15.2. The van der Waals surface area contributed by atoms with Gasteiger partial charge in [-0.3, -0.25) is 4.79 Å². The fourth-order valence-corrected chi connectivity index (χ4v) is 2.60. The lowest BCUT2D eigenvalue weighted by molar-refractivity contribution is -0.137. The zero-order chi connectivity index (χ0) is 18.1. The summed E-state index contributed by atoms with van der Waals surface area (Å²) in [6.45, 7) is 8.82. The van der Waals surface area contributed by atoms with Crippen LogP contribution >= 0.6 is 0 Å². The summed E-state index contributed by atoms with van der Waals surface area (Å²) < 4.78 is 0. The van der Waals surface area contributed by atoms with Crippen molar-refractivity contribution in [3.05, 3.63) is 35.9 Å². The third-order valence-corrected chi connectivity index (χ3v) is 3.81. The molecule has 0 heterocycles. The first-order chi connectivity index (χ1) is 11.3. The molecule has 0 spiro atoms. The van der Waals surface area contributed by atoms with E-state index in [4.69, 9.17) is 5.11 Å². The van der Waals surface area contributed by atoms with Crippen LogP contribution in [0.15, 0.2) is 30.3 Å². The highest BCUT2D eigenvalue weighted by molar-refractivity contribution is 5.75. The number of urea groups is 1. The lowest BCUT2D eigenvalue weighted by Crippen LogP contribution is -2.49. The first-order valence-corrected chi connectivity index (χ1v) is 8.62. The number of benzene rings is 1. The predicted molar refractivity (Wildman–Crippen MR) is 96.0 cm³/mol. The van der Waals surface area contributed by atoms with Crippen LogP contribution in [0.1, 0.15) is 46.1 Å². The largest absolute Gasteiger partial charge is 0.481 e. The fraction of sp³-hybridized carbons (Fsp3) is 0.579. The minimum atomic E-state index is -0.842. The summed E-state index contributed by atoms with van der Waals surface area (Å²) >= 11 is 0. The first kappa shape index (κ1) is 20.0. The van der Waals surface area contributed by atoms with Crippen molar-refractivity contribution in [2.24, 2.45) is 5.92 Å². The highest BCUT2D eigenvalue weighted by Gasteiger charge is 2.21. The maximum Gasteiger partial charge on any atom is 0.317 e. The molecule has 0 aliphatic carbocycles. The fourth-order valence-electron chi connectivity index (χ4n) is 2.60. The van der Waals surface area contributed by atoms with E-state index < -0.39 is 5.97 Å². The van der Waals surface area contributed by atoms with E-state index in [1.165, 1.54) is 0 Å². The Balaban J connectivity index is 2.77. The molecule has 0 fully saturated rings. The smallest absolute Gasteiger partial charge is 0.317 e. The molecule has 2 amide bonds. The van der Waals surface area contributed by atoms with Gasteiger partial charge in [0.15, 0.2) is 0 Å². The number of nitrogens with one attached hydrogen (secondary N) is 1. The second-order valence-corrected chi connectivity index (χ2v) is 6.91. The van der Waals surface area contributed by atoms with Crippen LogP contribution in [0.2, 0.25) is 0 Å². The van der Waals surface area contributed by atoms with E-state index in [2.05, 4.69) is 19.2 Å². The normalized spacial score (nSPS) is 12.2. The van der Waals surface area contributed by atoms with Crippen LogP contribution in [-0.4, -0.2) is 40.6 Å². The Morgan fingerprint density at radius 3 is 2.25 bits per heavy atom. The third-order valence-electron chi connectivity index (χ3n) is 3.81. The zero-order valence-electron chi connectivity index (χ0n) is 15.2. The van der Waals surface area contributed by atoms with Crippen molar-refractivity contribution in [3.63, 3.8) is 0 Å². The molecular formula is C19H30N2O3. The van der Waals surface area contributed by atoms with Gasteiger partial charge in [0, 0.05) is 25.0 Å². The number of carbonyl (C=O) groups is 2. The number of amides is 2. The van der Waals surface area contributed by atoms with Crippen molar-refractivity contribution in [2.75, 3.05) is 6.54 Å². The SMILES string of the molecule is CC(C)CN(C(=O)NC(CCC(=O)O)Cc1ccccc1)C(C)C. The number of carboxylic acids is 1. The van der Waals surface area contributed by atoms with Gasteiger partial charge in [0.1, 0.15) is 0 Å². The van der Waals surface area contributed by atoms with Gasteiger partial charge >= 0.3 is 12.0 Å². The molecule has 1 aromatic carbocycles. The molecule has 0 aromatic heterocycles. The average molecular weight is 334 g/mol. The lowest BCUT2D eigenvalue weighted by Gasteiger charge is -2.31. The molecule has 2 N–H and O–H groups in total. The summed E-state index contributed by atoms with van der Waals surface area (Å²) in [6.07, 6.45) is 1.10. The molecule has 1 atom stereocenters. The van der Waals surface area contributed by atoms with Crippen molar-refractivity contribution < 1.29 is 14.7 Å². The van der Waals surface area contributed by atoms with Crippen LogP contribution < -0.4 is 5.32 Å². The van der Waals surface area contributed by atoms with Crippen molar-refractivity contribution in [1.82, 2.24) is 10.2 Å². The summed E-state index contributed by atoms with van der Waals surface area (Å²) in [5.41, 5.74) is 1.09. The van der Waals surface area contributed by atoms with E-state index in [-0.39, 0.29) is 24.5 Å². The van der Waals surface area contributed by atoms with E-state index in [0.717, 1.165) is 5.56 Å². The Hall–Kier alpha value is -2.04. The van der Waals surface area contributed by atoms with E-state index in [0.29, 0.717) is 25.3 Å². The third kappa shape index (κ3) is 7.49. The van der Waals surface area contributed by atoms with Gasteiger partial charge in [-0.1, -0.05) is 44.2 Å². The number of carboxylic acid groups (broad SMARTS) is 1. The Labute approximate surface area is 145 Å². The molecule has 0 bridgehead atoms. The standard InChI is InChI=1S/C19H30N2O3/c1-14(2)13-21(15(3)4)19(24)20-17(10-11-18(22)23)12-16-8-6-5-7-9-16/h5-9,14-15,17H,10-13H2,1-4H3,(H,20,24)(H,22,23). The molecule has 1 unspecified atom stereocenters. The summed E-state index contributed by atoms with van der Waals surface area (Å²) in [6, 6.07) is 9.62. The summed E-state index contributed by atoms with van der Waals surface area (Å²) in [4.78, 5) is 25.3. The van der Waals surface area contributed by atoms with E-state index in [1.54, 1.807) is 0 Å². The monoisotopic (exact) mass is 334 g/mol. The quantitative estimate of drug-likeness (QED) is 0.726. The summed E-state index contributed by atoms with van der Waals surface area (Å²) in [5.74, 6) is -0.463. The Bertz CT molecular complexity index is 515. The number of rotatable bonds is 9. The number of nitrogens with zero attached hydrogens (tertiary/aromatic N) is 1. The molecule has 0 saturated heterocycles. The van der Waals surface area contributed by atoms with Gasteiger partial charge in [0.05, 0.1) is 0 Å². The van der Waals surface area contributed by atoms with Crippen LogP contribution in [0.25, 0.3) is 0 Å². The van der Waals surface area contributed by atoms with Gasteiger partial charge in [-0.05, 0) is 38.2 Å². The highest BCUT2D eigenvalue weighted by atomic mass is 16.4.